The predicted molar refractivity (Wildman–Crippen MR) is 137 cm³/mol. The van der Waals surface area contributed by atoms with Gasteiger partial charge in [-0.15, -0.1) is 0 Å². The lowest BCUT2D eigenvalue weighted by Crippen LogP contribution is -2.41. The number of nitrogens with zero attached hydrogens (tertiary/aromatic N) is 1. The Morgan fingerprint density at radius 3 is 1.82 bits per heavy atom. The Labute approximate surface area is 201 Å². The molecule has 6 rings (SSSR count). The topological polar surface area (TPSA) is 31.4 Å². The number of aromatic nitrogens is 1. The second kappa shape index (κ2) is 7.40. The van der Waals surface area contributed by atoms with Crippen molar-refractivity contribution >= 4 is 12.6 Å². The van der Waals surface area contributed by atoms with Crippen molar-refractivity contribution in [1.29, 1.82) is 0 Å². The van der Waals surface area contributed by atoms with Crippen LogP contribution < -0.4 is 5.46 Å². The van der Waals surface area contributed by atoms with E-state index in [9.17, 15) is 0 Å². The van der Waals surface area contributed by atoms with Crippen LogP contribution in [0, 0.1) is 0 Å². The maximum absolute atomic E-state index is 6.41. The molecule has 0 radical (unpaired) electrons. The summed E-state index contributed by atoms with van der Waals surface area (Å²) in [4.78, 5) is 4.92. The molecule has 0 N–H and O–H groups in total. The van der Waals surface area contributed by atoms with Gasteiger partial charge < -0.3 is 9.31 Å². The van der Waals surface area contributed by atoms with Gasteiger partial charge in [-0.3, -0.25) is 4.98 Å². The second-order valence-electron chi connectivity index (χ2n) is 10.3. The molecule has 0 bridgehead atoms. The first-order chi connectivity index (χ1) is 16.3. The average molecular weight is 445 g/mol. The van der Waals surface area contributed by atoms with E-state index in [1.54, 1.807) is 0 Å². The third-order valence-corrected chi connectivity index (χ3v) is 7.85. The molecule has 4 aromatic rings. The summed E-state index contributed by atoms with van der Waals surface area (Å²) >= 11 is 0. The van der Waals surface area contributed by atoms with Crippen molar-refractivity contribution in [3.05, 3.63) is 120 Å². The van der Waals surface area contributed by atoms with Gasteiger partial charge in [-0.05, 0) is 73.1 Å². The Balaban J connectivity index is 1.61. The van der Waals surface area contributed by atoms with Gasteiger partial charge in [-0.2, -0.15) is 0 Å². The molecule has 0 atom stereocenters. The zero-order chi connectivity index (χ0) is 23.6. The highest BCUT2D eigenvalue weighted by Crippen LogP contribution is 2.55. The van der Waals surface area contributed by atoms with Gasteiger partial charge in [0.2, 0.25) is 0 Å². The van der Waals surface area contributed by atoms with Crippen molar-refractivity contribution in [2.24, 2.45) is 0 Å². The molecule has 1 aliphatic carbocycles. The molecular formula is C30H28BNO2. The van der Waals surface area contributed by atoms with Crippen LogP contribution in [0.25, 0.3) is 11.1 Å². The van der Waals surface area contributed by atoms with Crippen LogP contribution in [0.1, 0.15) is 50.1 Å². The minimum atomic E-state index is -0.520. The summed E-state index contributed by atoms with van der Waals surface area (Å²) in [5, 5.41) is 0. The van der Waals surface area contributed by atoms with Crippen molar-refractivity contribution in [2.45, 2.75) is 44.3 Å². The minimum Gasteiger partial charge on any atom is -0.399 e. The van der Waals surface area contributed by atoms with E-state index in [0.29, 0.717) is 0 Å². The third kappa shape index (κ3) is 2.89. The normalized spacial score (nSPS) is 19.0. The van der Waals surface area contributed by atoms with Gasteiger partial charge in [0.1, 0.15) is 0 Å². The lowest BCUT2D eigenvalue weighted by molar-refractivity contribution is 0.00578. The molecule has 0 spiro atoms. The standard InChI is InChI=1S/C30H28BNO2/c1-28(2)29(3,4)34-31(33-28)22-13-11-12-21(20-22)30(27-18-9-10-19-32-27)25-16-7-5-14-23(25)24-15-6-8-17-26(24)30/h5-20H,1-4H3. The Morgan fingerprint density at radius 1 is 0.647 bits per heavy atom. The fraction of sp³-hybridized carbons (Fsp3) is 0.233. The van der Waals surface area contributed by atoms with Crippen LogP contribution in [-0.4, -0.2) is 23.3 Å². The summed E-state index contributed by atoms with van der Waals surface area (Å²) < 4.78 is 12.8. The highest BCUT2D eigenvalue weighted by atomic mass is 16.7. The summed E-state index contributed by atoms with van der Waals surface area (Å²) in [6.07, 6.45) is 1.89. The van der Waals surface area contributed by atoms with Crippen LogP contribution in [0.15, 0.2) is 97.2 Å². The van der Waals surface area contributed by atoms with Gasteiger partial charge in [0.15, 0.2) is 0 Å². The molecule has 0 unspecified atom stereocenters. The Kier molecular flexibility index (Phi) is 4.64. The van der Waals surface area contributed by atoms with E-state index in [2.05, 4.69) is 113 Å². The quantitative estimate of drug-likeness (QED) is 0.332. The first-order valence-corrected chi connectivity index (χ1v) is 11.9. The van der Waals surface area contributed by atoms with Gasteiger partial charge in [0.05, 0.1) is 22.3 Å². The Morgan fingerprint density at radius 2 is 1.24 bits per heavy atom. The van der Waals surface area contributed by atoms with E-state index in [-0.39, 0.29) is 11.2 Å². The van der Waals surface area contributed by atoms with Crippen molar-refractivity contribution in [3.63, 3.8) is 0 Å². The minimum absolute atomic E-state index is 0.390. The van der Waals surface area contributed by atoms with Gasteiger partial charge in [0.25, 0.3) is 0 Å². The van der Waals surface area contributed by atoms with E-state index < -0.39 is 12.5 Å². The molecule has 2 heterocycles. The van der Waals surface area contributed by atoms with Crippen molar-refractivity contribution in [2.75, 3.05) is 0 Å². The van der Waals surface area contributed by atoms with Crippen LogP contribution >= 0.6 is 0 Å². The van der Waals surface area contributed by atoms with Crippen LogP contribution in [0.5, 0.6) is 0 Å². The smallest absolute Gasteiger partial charge is 0.399 e. The van der Waals surface area contributed by atoms with E-state index in [1.807, 2.05) is 12.3 Å². The first kappa shape index (κ1) is 21.3. The number of hydrogen-bond donors (Lipinski definition) is 0. The summed E-state index contributed by atoms with van der Waals surface area (Å²) in [5.41, 5.74) is 6.91. The molecule has 168 valence electrons. The van der Waals surface area contributed by atoms with E-state index in [4.69, 9.17) is 14.3 Å². The second-order valence-corrected chi connectivity index (χ2v) is 10.3. The number of fused-ring (bicyclic) bond motifs is 3. The highest BCUT2D eigenvalue weighted by molar-refractivity contribution is 6.62. The Hall–Kier alpha value is -3.21. The number of benzene rings is 3. The summed E-state index contributed by atoms with van der Waals surface area (Å²) in [6, 6.07) is 32.3. The third-order valence-electron chi connectivity index (χ3n) is 7.85. The fourth-order valence-corrected chi connectivity index (χ4v) is 5.45. The van der Waals surface area contributed by atoms with E-state index in [0.717, 1.165) is 16.7 Å². The number of hydrogen-bond acceptors (Lipinski definition) is 3. The lowest BCUT2D eigenvalue weighted by Gasteiger charge is -2.33. The Bertz CT molecular complexity index is 1320. The van der Waals surface area contributed by atoms with Gasteiger partial charge >= 0.3 is 7.12 Å². The molecule has 1 aromatic heterocycles. The molecule has 34 heavy (non-hydrogen) atoms. The lowest BCUT2D eigenvalue weighted by atomic mass is 9.67. The molecular weight excluding hydrogens is 417 g/mol. The zero-order valence-electron chi connectivity index (χ0n) is 20.1. The van der Waals surface area contributed by atoms with Crippen molar-refractivity contribution < 1.29 is 9.31 Å². The number of rotatable bonds is 3. The molecule has 1 aliphatic heterocycles. The average Bonchev–Trinajstić information content (AvgIpc) is 3.27. The van der Waals surface area contributed by atoms with Crippen molar-refractivity contribution in [3.8, 4) is 11.1 Å². The summed E-state index contributed by atoms with van der Waals surface area (Å²) in [5.74, 6) is 0. The predicted octanol–water partition coefficient (Wildman–Crippen LogP) is 5.74. The van der Waals surface area contributed by atoms with Crippen LogP contribution in [-0.2, 0) is 14.7 Å². The van der Waals surface area contributed by atoms with Gasteiger partial charge in [0, 0.05) is 6.20 Å². The van der Waals surface area contributed by atoms with Gasteiger partial charge in [-0.25, -0.2) is 0 Å². The molecule has 4 heteroatoms. The first-order valence-electron chi connectivity index (χ1n) is 11.9. The highest BCUT2D eigenvalue weighted by Gasteiger charge is 2.52. The largest absolute Gasteiger partial charge is 0.494 e. The molecule has 1 saturated heterocycles. The monoisotopic (exact) mass is 445 g/mol. The molecule has 1 fully saturated rings. The van der Waals surface area contributed by atoms with Crippen LogP contribution in [0.2, 0.25) is 0 Å². The molecule has 2 aliphatic rings. The summed E-state index contributed by atoms with van der Waals surface area (Å²) in [6.45, 7) is 8.37. The molecule has 0 amide bonds. The fourth-order valence-electron chi connectivity index (χ4n) is 5.45. The van der Waals surface area contributed by atoms with Gasteiger partial charge in [-0.1, -0.05) is 78.9 Å². The van der Waals surface area contributed by atoms with Crippen molar-refractivity contribution in [1.82, 2.24) is 4.98 Å². The van der Waals surface area contributed by atoms with Crippen LogP contribution in [0.3, 0.4) is 0 Å². The molecule has 3 nitrogen and oxygen atoms in total. The number of pyridine rings is 1. The maximum atomic E-state index is 6.41. The molecule has 3 aromatic carbocycles. The van der Waals surface area contributed by atoms with E-state index in [1.165, 1.54) is 22.3 Å². The zero-order valence-corrected chi connectivity index (χ0v) is 20.1. The maximum Gasteiger partial charge on any atom is 0.494 e. The van der Waals surface area contributed by atoms with Crippen LogP contribution in [0.4, 0.5) is 0 Å². The SMILES string of the molecule is CC1(C)OB(c2cccc(C3(c4ccccn4)c4ccccc4-c4ccccc43)c2)OC1(C)C. The molecule has 0 saturated carbocycles. The van der Waals surface area contributed by atoms with E-state index >= 15 is 0 Å². The summed E-state index contributed by atoms with van der Waals surface area (Å²) in [7, 11) is -0.419.